The average Bonchev–Trinajstić information content (AvgIpc) is 3.20. The molecule has 1 saturated heterocycles. The molecular formula is C21H33IN4OS. The molecule has 1 aromatic carbocycles. The standard InChI is InChI=1S/C21H32N4OS.HI/c1-22-21(23-14-16-8-10-19(27-2)11-9-16)24-18-12-13-25(15-18)20(26)17-6-4-3-5-7-17;/h8-11,17-18H,3-7,12-15H2,1-2H3,(H2,22,23,24);1H. The van der Waals surface area contributed by atoms with Crippen LogP contribution >= 0.6 is 35.7 Å². The van der Waals surface area contributed by atoms with Gasteiger partial charge in [0.2, 0.25) is 5.91 Å². The van der Waals surface area contributed by atoms with Crippen LogP contribution in [-0.2, 0) is 11.3 Å². The van der Waals surface area contributed by atoms with Crippen LogP contribution in [0.4, 0.5) is 0 Å². The molecule has 1 unspecified atom stereocenters. The molecule has 0 bridgehead atoms. The van der Waals surface area contributed by atoms with Gasteiger partial charge in [0, 0.05) is 43.5 Å². The number of halogens is 1. The number of hydrogen-bond donors (Lipinski definition) is 2. The first-order valence-electron chi connectivity index (χ1n) is 10.1. The van der Waals surface area contributed by atoms with Crippen molar-refractivity contribution in [3.63, 3.8) is 0 Å². The second kappa shape index (κ2) is 11.9. The Morgan fingerprint density at radius 1 is 1.18 bits per heavy atom. The molecule has 1 aromatic rings. The lowest BCUT2D eigenvalue weighted by Crippen LogP contribution is -2.45. The van der Waals surface area contributed by atoms with Gasteiger partial charge in [0.25, 0.3) is 0 Å². The summed E-state index contributed by atoms with van der Waals surface area (Å²) < 4.78 is 0. The molecule has 1 aliphatic carbocycles. The van der Waals surface area contributed by atoms with Crippen LogP contribution in [0.2, 0.25) is 0 Å². The number of hydrogen-bond acceptors (Lipinski definition) is 3. The van der Waals surface area contributed by atoms with E-state index in [1.807, 2.05) is 0 Å². The molecule has 28 heavy (non-hydrogen) atoms. The number of guanidine groups is 1. The van der Waals surface area contributed by atoms with Gasteiger partial charge in [0.05, 0.1) is 0 Å². The Morgan fingerprint density at radius 3 is 2.54 bits per heavy atom. The minimum atomic E-state index is 0. The minimum absolute atomic E-state index is 0. The number of amides is 1. The predicted octanol–water partition coefficient (Wildman–Crippen LogP) is 3.87. The van der Waals surface area contributed by atoms with Crippen LogP contribution in [0.5, 0.6) is 0 Å². The molecule has 1 atom stereocenters. The van der Waals surface area contributed by atoms with Crippen LogP contribution in [-0.4, -0.2) is 49.2 Å². The molecule has 7 heteroatoms. The maximum Gasteiger partial charge on any atom is 0.225 e. The highest BCUT2D eigenvalue weighted by atomic mass is 127. The largest absolute Gasteiger partial charge is 0.352 e. The summed E-state index contributed by atoms with van der Waals surface area (Å²) in [6.07, 6.45) is 8.93. The van der Waals surface area contributed by atoms with Crippen molar-refractivity contribution in [2.45, 2.75) is 56.0 Å². The van der Waals surface area contributed by atoms with E-state index in [-0.39, 0.29) is 35.9 Å². The van der Waals surface area contributed by atoms with E-state index in [2.05, 4.69) is 51.0 Å². The first-order chi connectivity index (χ1) is 13.2. The monoisotopic (exact) mass is 516 g/mol. The van der Waals surface area contributed by atoms with Gasteiger partial charge in [0.1, 0.15) is 0 Å². The number of carbonyl (C=O) groups is 1. The Labute approximate surface area is 190 Å². The van der Waals surface area contributed by atoms with Crippen molar-refractivity contribution >= 4 is 47.6 Å². The number of aliphatic imine (C=N–C) groups is 1. The summed E-state index contributed by atoms with van der Waals surface area (Å²) in [7, 11) is 1.80. The van der Waals surface area contributed by atoms with Gasteiger partial charge in [-0.05, 0) is 43.2 Å². The van der Waals surface area contributed by atoms with E-state index in [4.69, 9.17) is 0 Å². The Balaban J connectivity index is 0.00000280. The maximum absolute atomic E-state index is 12.7. The zero-order valence-corrected chi connectivity index (χ0v) is 20.1. The zero-order chi connectivity index (χ0) is 19.1. The molecule has 0 aromatic heterocycles. The van der Waals surface area contributed by atoms with Crippen molar-refractivity contribution in [1.82, 2.24) is 15.5 Å². The van der Waals surface area contributed by atoms with E-state index in [1.54, 1.807) is 18.8 Å². The van der Waals surface area contributed by atoms with Gasteiger partial charge in [-0.15, -0.1) is 35.7 Å². The molecule has 1 amide bonds. The second-order valence-electron chi connectivity index (χ2n) is 7.52. The molecule has 5 nitrogen and oxygen atoms in total. The molecule has 2 N–H and O–H groups in total. The molecule has 2 aliphatic rings. The summed E-state index contributed by atoms with van der Waals surface area (Å²) in [5, 5.41) is 6.87. The molecule has 0 spiro atoms. The molecule has 1 heterocycles. The molecule has 1 aliphatic heterocycles. The number of likely N-dealkylation sites (tertiary alicyclic amines) is 1. The van der Waals surface area contributed by atoms with E-state index < -0.39 is 0 Å². The van der Waals surface area contributed by atoms with E-state index in [0.29, 0.717) is 5.91 Å². The van der Waals surface area contributed by atoms with Crippen LogP contribution in [0, 0.1) is 5.92 Å². The van der Waals surface area contributed by atoms with E-state index in [9.17, 15) is 4.79 Å². The van der Waals surface area contributed by atoms with Crippen LogP contribution < -0.4 is 10.6 Å². The van der Waals surface area contributed by atoms with Gasteiger partial charge >= 0.3 is 0 Å². The molecule has 1 saturated carbocycles. The summed E-state index contributed by atoms with van der Waals surface area (Å²) in [6.45, 7) is 2.39. The van der Waals surface area contributed by atoms with Crippen molar-refractivity contribution in [2.24, 2.45) is 10.9 Å². The van der Waals surface area contributed by atoms with Gasteiger partial charge in [-0.25, -0.2) is 0 Å². The van der Waals surface area contributed by atoms with Crippen molar-refractivity contribution in [2.75, 3.05) is 26.4 Å². The predicted molar refractivity (Wildman–Crippen MR) is 129 cm³/mol. The first kappa shape index (κ1) is 23.3. The van der Waals surface area contributed by atoms with Crippen LogP contribution in [0.15, 0.2) is 34.2 Å². The van der Waals surface area contributed by atoms with Crippen molar-refractivity contribution in [3.8, 4) is 0 Å². The Morgan fingerprint density at radius 2 is 1.89 bits per heavy atom. The number of thioether (sulfide) groups is 1. The topological polar surface area (TPSA) is 56.7 Å². The van der Waals surface area contributed by atoms with Crippen LogP contribution in [0.25, 0.3) is 0 Å². The minimum Gasteiger partial charge on any atom is -0.352 e. The lowest BCUT2D eigenvalue weighted by molar-refractivity contribution is -0.135. The number of carbonyl (C=O) groups excluding carboxylic acids is 1. The number of nitrogens with zero attached hydrogens (tertiary/aromatic N) is 2. The fourth-order valence-corrected chi connectivity index (χ4v) is 4.41. The quantitative estimate of drug-likeness (QED) is 0.270. The molecular weight excluding hydrogens is 483 g/mol. The molecule has 2 fully saturated rings. The molecule has 0 radical (unpaired) electrons. The third kappa shape index (κ3) is 6.54. The summed E-state index contributed by atoms with van der Waals surface area (Å²) in [4.78, 5) is 20.4. The van der Waals surface area contributed by atoms with E-state index in [0.717, 1.165) is 44.9 Å². The summed E-state index contributed by atoms with van der Waals surface area (Å²) in [6, 6.07) is 8.86. The SMILES string of the molecule is CN=C(NCc1ccc(SC)cc1)NC1CCN(C(=O)C2CCCCC2)C1.I. The van der Waals surface area contributed by atoms with Gasteiger partial charge in [-0.2, -0.15) is 0 Å². The smallest absolute Gasteiger partial charge is 0.225 e. The lowest BCUT2D eigenvalue weighted by Gasteiger charge is -2.26. The third-order valence-corrected chi connectivity index (χ3v) is 6.38. The van der Waals surface area contributed by atoms with Crippen LogP contribution in [0.1, 0.15) is 44.1 Å². The van der Waals surface area contributed by atoms with Gasteiger partial charge in [-0.3, -0.25) is 9.79 Å². The third-order valence-electron chi connectivity index (χ3n) is 5.64. The summed E-state index contributed by atoms with van der Waals surface area (Å²) in [5.74, 6) is 1.44. The normalized spacial score (nSPS) is 20.6. The summed E-state index contributed by atoms with van der Waals surface area (Å²) >= 11 is 1.75. The van der Waals surface area contributed by atoms with Gasteiger partial charge in [-0.1, -0.05) is 31.4 Å². The number of rotatable bonds is 5. The Kier molecular flexibility index (Phi) is 9.91. The zero-order valence-electron chi connectivity index (χ0n) is 16.9. The second-order valence-corrected chi connectivity index (χ2v) is 8.40. The Bertz CT molecular complexity index is 646. The maximum atomic E-state index is 12.7. The van der Waals surface area contributed by atoms with Gasteiger partial charge < -0.3 is 15.5 Å². The number of benzene rings is 1. The average molecular weight is 516 g/mol. The fourth-order valence-electron chi connectivity index (χ4n) is 4.00. The van der Waals surface area contributed by atoms with E-state index in [1.165, 1.54) is 29.7 Å². The van der Waals surface area contributed by atoms with E-state index >= 15 is 0 Å². The summed E-state index contributed by atoms with van der Waals surface area (Å²) in [5.41, 5.74) is 1.23. The van der Waals surface area contributed by atoms with Gasteiger partial charge in [0.15, 0.2) is 5.96 Å². The highest BCUT2D eigenvalue weighted by Gasteiger charge is 2.31. The van der Waals surface area contributed by atoms with Crippen molar-refractivity contribution < 1.29 is 4.79 Å². The first-order valence-corrected chi connectivity index (χ1v) is 11.3. The molecule has 156 valence electrons. The lowest BCUT2D eigenvalue weighted by atomic mass is 9.88. The highest BCUT2D eigenvalue weighted by molar-refractivity contribution is 14.0. The van der Waals surface area contributed by atoms with Crippen molar-refractivity contribution in [3.05, 3.63) is 29.8 Å². The Hall–Kier alpha value is -0.960. The fraction of sp³-hybridized carbons (Fsp3) is 0.619. The van der Waals surface area contributed by atoms with Crippen molar-refractivity contribution in [1.29, 1.82) is 0 Å². The van der Waals surface area contributed by atoms with Crippen LogP contribution in [0.3, 0.4) is 0 Å². The highest BCUT2D eigenvalue weighted by Crippen LogP contribution is 2.26. The molecule has 3 rings (SSSR count). The number of nitrogens with one attached hydrogen (secondary N) is 2.